The van der Waals surface area contributed by atoms with E-state index < -0.39 is 17.2 Å². The van der Waals surface area contributed by atoms with Gasteiger partial charge in [-0.2, -0.15) is 0 Å². The molecule has 0 aromatic carbocycles. The van der Waals surface area contributed by atoms with Gasteiger partial charge in [-0.25, -0.2) is 0 Å². The van der Waals surface area contributed by atoms with Gasteiger partial charge in [-0.05, 0) is 61.7 Å². The summed E-state index contributed by atoms with van der Waals surface area (Å²) in [5, 5.41) is 0. The van der Waals surface area contributed by atoms with Gasteiger partial charge in [0, 0.05) is 24.3 Å². The highest BCUT2D eigenvalue weighted by Gasteiger charge is 2.62. The highest BCUT2D eigenvalue weighted by molar-refractivity contribution is 6.44. The number of hydrogen-bond donors (Lipinski definition) is 0. The first-order chi connectivity index (χ1) is 11.8. The minimum Gasteiger partial charge on any atom is -0.431 e. The van der Waals surface area contributed by atoms with Gasteiger partial charge < -0.3 is 4.74 Å². The average Bonchev–Trinajstić information content (AvgIpc) is 2.94. The fourth-order valence-corrected chi connectivity index (χ4v) is 6.94. The third kappa shape index (κ3) is 2.29. The van der Waals surface area contributed by atoms with Crippen LogP contribution < -0.4 is 0 Å². The molecule has 0 saturated heterocycles. The predicted molar refractivity (Wildman–Crippen MR) is 92.4 cm³/mol. The second-order valence-electron chi connectivity index (χ2n) is 9.21. The molecule has 25 heavy (non-hydrogen) atoms. The summed E-state index contributed by atoms with van der Waals surface area (Å²) in [6.07, 6.45) is 9.19. The zero-order chi connectivity index (χ0) is 18.0. The molecule has 0 N–H and O–H groups in total. The maximum atomic E-state index is 13.0. The van der Waals surface area contributed by atoms with Crippen LogP contribution >= 0.6 is 0 Å². The fourth-order valence-electron chi connectivity index (χ4n) is 6.94. The molecular formula is C21H28O4. The summed E-state index contributed by atoms with van der Waals surface area (Å²) >= 11 is 0. The van der Waals surface area contributed by atoms with Crippen molar-refractivity contribution in [2.45, 2.75) is 65.7 Å². The zero-order valence-electron chi connectivity index (χ0n) is 15.5. The number of hydrogen-bond acceptors (Lipinski definition) is 4. The molecule has 4 nitrogen and oxygen atoms in total. The summed E-state index contributed by atoms with van der Waals surface area (Å²) in [7, 11) is 0. The Bertz CT molecular complexity index is 677. The van der Waals surface area contributed by atoms with Crippen LogP contribution in [0.5, 0.6) is 0 Å². The third-order valence-corrected chi connectivity index (χ3v) is 8.09. The minimum absolute atomic E-state index is 0.131. The van der Waals surface area contributed by atoms with Crippen molar-refractivity contribution in [3.63, 3.8) is 0 Å². The molecule has 1 unspecified atom stereocenters. The van der Waals surface area contributed by atoms with Crippen LogP contribution in [0.15, 0.2) is 11.8 Å². The number of Topliss-reactive ketones (excluding diaryl/α,β-unsaturated/α-hetero) is 1. The van der Waals surface area contributed by atoms with Crippen LogP contribution in [0.1, 0.15) is 65.7 Å². The van der Waals surface area contributed by atoms with E-state index in [9.17, 15) is 14.4 Å². The summed E-state index contributed by atoms with van der Waals surface area (Å²) < 4.78 is 5.38. The average molecular weight is 344 g/mol. The van der Waals surface area contributed by atoms with Crippen LogP contribution in [0.3, 0.4) is 0 Å². The Kier molecular flexibility index (Phi) is 3.75. The first-order valence-electron chi connectivity index (χ1n) is 9.76. The van der Waals surface area contributed by atoms with Crippen LogP contribution in [0.2, 0.25) is 0 Å². The number of ether oxygens (including phenoxy) is 1. The number of allylic oxidation sites excluding steroid dienone is 2. The second kappa shape index (κ2) is 5.52. The molecule has 0 aliphatic heterocycles. The summed E-state index contributed by atoms with van der Waals surface area (Å²) in [6.45, 7) is 5.76. The lowest BCUT2D eigenvalue weighted by atomic mass is 9.45. The lowest BCUT2D eigenvalue weighted by Gasteiger charge is -2.58. The Labute approximate surface area is 149 Å². The Morgan fingerprint density at radius 1 is 1.08 bits per heavy atom. The van der Waals surface area contributed by atoms with Crippen molar-refractivity contribution in [2.75, 3.05) is 0 Å². The van der Waals surface area contributed by atoms with Crippen LogP contribution in [-0.4, -0.2) is 17.5 Å². The number of carbonyl (C=O) groups is 3. The summed E-state index contributed by atoms with van der Waals surface area (Å²) in [4.78, 5) is 36.9. The third-order valence-electron chi connectivity index (χ3n) is 8.09. The summed E-state index contributed by atoms with van der Waals surface area (Å²) in [6, 6.07) is 0. The molecule has 0 radical (unpaired) electrons. The van der Waals surface area contributed by atoms with Crippen molar-refractivity contribution in [3.05, 3.63) is 11.8 Å². The molecule has 4 heteroatoms. The van der Waals surface area contributed by atoms with Gasteiger partial charge >= 0.3 is 5.97 Å². The Morgan fingerprint density at radius 3 is 2.56 bits per heavy atom. The Morgan fingerprint density at radius 2 is 1.84 bits per heavy atom. The molecular weight excluding hydrogens is 316 g/mol. The standard InChI is InChI=1S/C21H28O4/c1-12(22)25-18-11-17(23)19(24)21(3)15-8-10-20(2)9-4-5-14(20)13(15)6-7-16(18)21/h11,13-16H,4-10H2,1-3H3/t13-,14-,15-,16?,20-,21+/m0/s1. The smallest absolute Gasteiger partial charge is 0.307 e. The molecule has 4 rings (SSSR count). The van der Waals surface area contributed by atoms with E-state index in [2.05, 4.69) is 6.92 Å². The number of carbonyl (C=O) groups excluding carboxylic acids is 3. The molecule has 0 heterocycles. The number of esters is 1. The Hall–Kier alpha value is -1.45. The molecule has 4 aliphatic rings. The molecule has 0 spiro atoms. The van der Waals surface area contributed by atoms with E-state index in [0.29, 0.717) is 23.0 Å². The van der Waals surface area contributed by atoms with E-state index in [1.165, 1.54) is 32.3 Å². The van der Waals surface area contributed by atoms with Gasteiger partial charge in [0.2, 0.25) is 11.6 Å². The van der Waals surface area contributed by atoms with Crippen molar-refractivity contribution in [1.82, 2.24) is 0 Å². The van der Waals surface area contributed by atoms with Gasteiger partial charge in [-0.3, -0.25) is 14.4 Å². The van der Waals surface area contributed by atoms with Crippen LogP contribution in [-0.2, 0) is 19.1 Å². The van der Waals surface area contributed by atoms with Crippen LogP contribution in [0.4, 0.5) is 0 Å². The van der Waals surface area contributed by atoms with Gasteiger partial charge in [0.15, 0.2) is 0 Å². The number of ketones is 2. The number of rotatable bonds is 1. The van der Waals surface area contributed by atoms with Crippen LogP contribution in [0.25, 0.3) is 0 Å². The monoisotopic (exact) mass is 344 g/mol. The SMILES string of the molecule is CC(=O)OC1=CC(=O)C(=O)[C@@]2(C)C1CC[C@H]1[C@@H]3CCC[C@@]3(C)CC[C@@H]12. The van der Waals surface area contributed by atoms with Crippen molar-refractivity contribution in [2.24, 2.45) is 34.5 Å². The second-order valence-corrected chi connectivity index (χ2v) is 9.21. The molecule has 0 amide bonds. The van der Waals surface area contributed by atoms with Crippen molar-refractivity contribution < 1.29 is 19.1 Å². The molecule has 4 aliphatic carbocycles. The van der Waals surface area contributed by atoms with Gasteiger partial charge in [-0.15, -0.1) is 0 Å². The molecule has 136 valence electrons. The van der Waals surface area contributed by atoms with Crippen molar-refractivity contribution in [1.29, 1.82) is 0 Å². The minimum atomic E-state index is -0.705. The largest absolute Gasteiger partial charge is 0.431 e. The molecule has 3 fully saturated rings. The highest BCUT2D eigenvalue weighted by Crippen LogP contribution is 2.65. The van der Waals surface area contributed by atoms with E-state index in [0.717, 1.165) is 25.7 Å². The summed E-state index contributed by atoms with van der Waals surface area (Å²) in [5.74, 6) is 0.570. The molecule has 0 aromatic rings. The molecule has 0 aromatic heterocycles. The van der Waals surface area contributed by atoms with E-state index in [-0.39, 0.29) is 17.6 Å². The van der Waals surface area contributed by atoms with E-state index in [1.807, 2.05) is 6.92 Å². The summed E-state index contributed by atoms with van der Waals surface area (Å²) in [5.41, 5.74) is -0.288. The van der Waals surface area contributed by atoms with E-state index >= 15 is 0 Å². The maximum absolute atomic E-state index is 13.0. The molecule has 6 atom stereocenters. The van der Waals surface area contributed by atoms with Crippen LogP contribution in [0, 0.1) is 34.5 Å². The normalized spacial score (nSPS) is 46.0. The van der Waals surface area contributed by atoms with E-state index in [1.54, 1.807) is 0 Å². The predicted octanol–water partition coefficient (Wildman–Crippen LogP) is 3.83. The first-order valence-corrected chi connectivity index (χ1v) is 9.76. The van der Waals surface area contributed by atoms with Gasteiger partial charge in [0.05, 0.1) is 0 Å². The fraction of sp³-hybridized carbons (Fsp3) is 0.762. The lowest BCUT2D eigenvalue weighted by molar-refractivity contribution is -0.159. The quantitative estimate of drug-likeness (QED) is 0.536. The van der Waals surface area contributed by atoms with Gasteiger partial charge in [0.1, 0.15) is 5.76 Å². The van der Waals surface area contributed by atoms with Crippen molar-refractivity contribution >= 4 is 17.5 Å². The molecule has 3 saturated carbocycles. The topological polar surface area (TPSA) is 60.4 Å². The molecule has 0 bridgehead atoms. The van der Waals surface area contributed by atoms with Crippen molar-refractivity contribution in [3.8, 4) is 0 Å². The van der Waals surface area contributed by atoms with Gasteiger partial charge in [-0.1, -0.05) is 20.3 Å². The lowest BCUT2D eigenvalue weighted by Crippen LogP contribution is -2.57. The van der Waals surface area contributed by atoms with E-state index in [4.69, 9.17) is 4.74 Å². The maximum Gasteiger partial charge on any atom is 0.307 e. The highest BCUT2D eigenvalue weighted by atomic mass is 16.5. The zero-order valence-corrected chi connectivity index (χ0v) is 15.5. The van der Waals surface area contributed by atoms with Gasteiger partial charge in [0.25, 0.3) is 0 Å². The first kappa shape index (κ1) is 17.0. The number of fused-ring (bicyclic) bond motifs is 5. The Balaban J connectivity index is 1.73.